The van der Waals surface area contributed by atoms with Gasteiger partial charge < -0.3 is 10.1 Å². The third-order valence-electron chi connectivity index (χ3n) is 3.56. The normalized spacial score (nSPS) is 10.2. The van der Waals surface area contributed by atoms with E-state index in [0.29, 0.717) is 12.8 Å². The number of ether oxygens (including phenoxy) is 1. The quantitative estimate of drug-likeness (QED) is 0.904. The number of anilines is 1. The van der Waals surface area contributed by atoms with E-state index in [-0.39, 0.29) is 5.91 Å². The van der Waals surface area contributed by atoms with Crippen LogP contribution in [0.2, 0.25) is 0 Å². The van der Waals surface area contributed by atoms with Crippen molar-refractivity contribution in [1.82, 2.24) is 0 Å². The number of para-hydroxylation sites is 2. The van der Waals surface area contributed by atoms with Crippen molar-refractivity contribution >= 4 is 11.6 Å². The Bertz CT molecular complexity index is 615. The number of nitrogens with one attached hydrogen (secondary N) is 1. The van der Waals surface area contributed by atoms with E-state index in [1.54, 1.807) is 7.11 Å². The predicted octanol–water partition coefficient (Wildman–Crippen LogP) is 3.88. The summed E-state index contributed by atoms with van der Waals surface area (Å²) in [7, 11) is 1.65. The van der Waals surface area contributed by atoms with E-state index in [1.807, 2.05) is 56.3 Å². The van der Waals surface area contributed by atoms with Crippen LogP contribution in [0.4, 0.5) is 5.69 Å². The lowest BCUT2D eigenvalue weighted by atomic mass is 10.1. The minimum absolute atomic E-state index is 0.0262. The molecule has 0 fully saturated rings. The molecule has 1 amide bonds. The van der Waals surface area contributed by atoms with E-state index in [4.69, 9.17) is 4.74 Å². The van der Waals surface area contributed by atoms with Gasteiger partial charge in [-0.3, -0.25) is 4.79 Å². The van der Waals surface area contributed by atoms with Gasteiger partial charge in [-0.2, -0.15) is 0 Å². The van der Waals surface area contributed by atoms with E-state index < -0.39 is 0 Å². The molecule has 0 spiro atoms. The Kier molecular flexibility index (Phi) is 4.99. The van der Waals surface area contributed by atoms with E-state index >= 15 is 0 Å². The third kappa shape index (κ3) is 3.85. The molecule has 3 heteroatoms. The number of benzene rings is 2. The van der Waals surface area contributed by atoms with Crippen LogP contribution in [0.3, 0.4) is 0 Å². The van der Waals surface area contributed by atoms with Gasteiger partial charge in [0, 0.05) is 12.1 Å². The summed E-state index contributed by atoms with van der Waals surface area (Å²) in [5.41, 5.74) is 4.14. The fourth-order valence-corrected chi connectivity index (χ4v) is 2.37. The molecular weight excluding hydrogens is 262 g/mol. The molecule has 0 atom stereocenters. The minimum Gasteiger partial charge on any atom is -0.496 e. The second-order valence-corrected chi connectivity index (χ2v) is 5.13. The zero-order chi connectivity index (χ0) is 15.2. The van der Waals surface area contributed by atoms with Crippen LogP contribution in [0, 0.1) is 13.8 Å². The van der Waals surface area contributed by atoms with Gasteiger partial charge in [-0.05, 0) is 43.0 Å². The number of carbonyl (C=O) groups is 1. The molecule has 0 aliphatic heterocycles. The highest BCUT2D eigenvalue weighted by atomic mass is 16.5. The standard InChI is InChI=1S/C18H21NO2/c1-13-7-6-8-14(2)18(13)19-17(20)12-11-15-9-4-5-10-16(15)21-3/h4-10H,11-12H2,1-3H3,(H,19,20). The van der Waals surface area contributed by atoms with Gasteiger partial charge in [-0.15, -0.1) is 0 Å². The first-order valence-electron chi connectivity index (χ1n) is 7.09. The van der Waals surface area contributed by atoms with Crippen molar-refractivity contribution < 1.29 is 9.53 Å². The SMILES string of the molecule is COc1ccccc1CCC(=O)Nc1c(C)cccc1C. The fourth-order valence-electron chi connectivity index (χ4n) is 2.37. The second kappa shape index (κ2) is 6.93. The summed E-state index contributed by atoms with van der Waals surface area (Å²) in [6, 6.07) is 13.8. The number of methoxy groups -OCH3 is 1. The Hall–Kier alpha value is -2.29. The maximum atomic E-state index is 12.1. The zero-order valence-corrected chi connectivity index (χ0v) is 12.8. The van der Waals surface area contributed by atoms with Crippen LogP contribution in [0.25, 0.3) is 0 Å². The first kappa shape index (κ1) is 15.1. The van der Waals surface area contributed by atoms with E-state index in [1.165, 1.54) is 0 Å². The summed E-state index contributed by atoms with van der Waals surface area (Å²) in [5, 5.41) is 3.01. The summed E-state index contributed by atoms with van der Waals surface area (Å²) in [6.45, 7) is 4.01. The van der Waals surface area contributed by atoms with Crippen molar-refractivity contribution in [3.63, 3.8) is 0 Å². The lowest BCUT2D eigenvalue weighted by Crippen LogP contribution is -2.14. The molecule has 1 N–H and O–H groups in total. The topological polar surface area (TPSA) is 38.3 Å². The lowest BCUT2D eigenvalue weighted by molar-refractivity contribution is -0.116. The largest absolute Gasteiger partial charge is 0.496 e. The summed E-state index contributed by atoms with van der Waals surface area (Å²) in [4.78, 5) is 12.1. The molecule has 21 heavy (non-hydrogen) atoms. The first-order valence-corrected chi connectivity index (χ1v) is 7.09. The maximum Gasteiger partial charge on any atom is 0.224 e. The Labute approximate surface area is 126 Å². The zero-order valence-electron chi connectivity index (χ0n) is 12.8. The molecule has 3 nitrogen and oxygen atoms in total. The summed E-state index contributed by atoms with van der Waals surface area (Å²) in [6.07, 6.45) is 1.11. The molecule has 0 radical (unpaired) electrons. The highest BCUT2D eigenvalue weighted by Crippen LogP contribution is 2.21. The first-order chi connectivity index (χ1) is 10.1. The summed E-state index contributed by atoms with van der Waals surface area (Å²) < 4.78 is 5.30. The molecule has 2 rings (SSSR count). The predicted molar refractivity (Wildman–Crippen MR) is 85.9 cm³/mol. The Balaban J connectivity index is 1.99. The Morgan fingerprint density at radius 2 is 1.71 bits per heavy atom. The lowest BCUT2D eigenvalue weighted by Gasteiger charge is -2.12. The van der Waals surface area contributed by atoms with Crippen LogP contribution < -0.4 is 10.1 Å². The van der Waals surface area contributed by atoms with Crippen molar-refractivity contribution in [2.24, 2.45) is 0 Å². The minimum atomic E-state index is 0.0262. The molecule has 0 unspecified atom stereocenters. The van der Waals surface area contributed by atoms with E-state index in [2.05, 4.69) is 5.32 Å². The van der Waals surface area contributed by atoms with E-state index in [9.17, 15) is 4.79 Å². The van der Waals surface area contributed by atoms with Crippen molar-refractivity contribution in [3.05, 3.63) is 59.2 Å². The van der Waals surface area contributed by atoms with Gasteiger partial charge >= 0.3 is 0 Å². The number of hydrogen-bond acceptors (Lipinski definition) is 2. The number of amides is 1. The van der Waals surface area contributed by atoms with Crippen LogP contribution in [0.5, 0.6) is 5.75 Å². The molecule has 0 saturated heterocycles. The van der Waals surface area contributed by atoms with Gasteiger partial charge in [-0.25, -0.2) is 0 Å². The molecule has 0 heterocycles. The number of carbonyl (C=O) groups excluding carboxylic acids is 1. The smallest absolute Gasteiger partial charge is 0.224 e. The van der Waals surface area contributed by atoms with Gasteiger partial charge in [0.15, 0.2) is 0 Å². The van der Waals surface area contributed by atoms with Gasteiger partial charge in [0.1, 0.15) is 5.75 Å². The van der Waals surface area contributed by atoms with Crippen LogP contribution in [0.1, 0.15) is 23.1 Å². The average molecular weight is 283 g/mol. The second-order valence-electron chi connectivity index (χ2n) is 5.13. The third-order valence-corrected chi connectivity index (χ3v) is 3.56. The molecule has 110 valence electrons. The van der Waals surface area contributed by atoms with Crippen LogP contribution >= 0.6 is 0 Å². The van der Waals surface area contributed by atoms with Crippen molar-refractivity contribution in [3.8, 4) is 5.75 Å². The highest BCUT2D eigenvalue weighted by molar-refractivity contribution is 5.92. The van der Waals surface area contributed by atoms with Gasteiger partial charge in [-0.1, -0.05) is 36.4 Å². The molecule has 2 aromatic carbocycles. The highest BCUT2D eigenvalue weighted by Gasteiger charge is 2.09. The van der Waals surface area contributed by atoms with Crippen molar-refractivity contribution in [2.45, 2.75) is 26.7 Å². The van der Waals surface area contributed by atoms with Gasteiger partial charge in [0.25, 0.3) is 0 Å². The molecule has 0 saturated carbocycles. The molecular formula is C18H21NO2. The molecule has 0 bridgehead atoms. The van der Waals surface area contributed by atoms with Crippen molar-refractivity contribution in [2.75, 3.05) is 12.4 Å². The Morgan fingerprint density at radius 3 is 2.38 bits per heavy atom. The summed E-state index contributed by atoms with van der Waals surface area (Å²) >= 11 is 0. The fraction of sp³-hybridized carbons (Fsp3) is 0.278. The molecule has 0 aliphatic rings. The number of aryl methyl sites for hydroxylation is 3. The molecule has 0 aromatic heterocycles. The van der Waals surface area contributed by atoms with Crippen LogP contribution in [-0.2, 0) is 11.2 Å². The molecule has 2 aromatic rings. The number of hydrogen-bond donors (Lipinski definition) is 1. The van der Waals surface area contributed by atoms with Crippen LogP contribution in [-0.4, -0.2) is 13.0 Å². The van der Waals surface area contributed by atoms with Gasteiger partial charge in [0.05, 0.1) is 7.11 Å². The molecule has 0 aliphatic carbocycles. The van der Waals surface area contributed by atoms with Gasteiger partial charge in [0.2, 0.25) is 5.91 Å². The Morgan fingerprint density at radius 1 is 1.05 bits per heavy atom. The monoisotopic (exact) mass is 283 g/mol. The van der Waals surface area contributed by atoms with Crippen LogP contribution in [0.15, 0.2) is 42.5 Å². The summed E-state index contributed by atoms with van der Waals surface area (Å²) in [5.74, 6) is 0.857. The average Bonchev–Trinajstić information content (AvgIpc) is 2.49. The van der Waals surface area contributed by atoms with Crippen molar-refractivity contribution in [1.29, 1.82) is 0 Å². The number of rotatable bonds is 5. The maximum absolute atomic E-state index is 12.1. The van der Waals surface area contributed by atoms with E-state index in [0.717, 1.165) is 28.1 Å².